The molecule has 0 fully saturated rings. The molecule has 0 saturated carbocycles. The normalized spacial score (nSPS) is 13.0. The van der Waals surface area contributed by atoms with Crippen LogP contribution in [-0.4, -0.2) is 24.9 Å². The van der Waals surface area contributed by atoms with Crippen LogP contribution in [0.4, 0.5) is 39.9 Å². The summed E-state index contributed by atoms with van der Waals surface area (Å²) in [6.07, 6.45) is 3.69. The minimum absolute atomic E-state index is 0. The van der Waals surface area contributed by atoms with Gasteiger partial charge in [-0.15, -0.1) is 0 Å². The fourth-order valence-corrected chi connectivity index (χ4v) is 11.0. The molecular formula is C61H50N5OPtSe-3. The zero-order chi connectivity index (χ0) is 46.6. The van der Waals surface area contributed by atoms with E-state index in [1.165, 1.54) is 26.7 Å². The topological polar surface area (TPSA) is 44.7 Å². The maximum Gasteiger partial charge on any atom is 0 e. The molecule has 11 rings (SSSR count). The molecule has 6 nitrogen and oxygen atoms in total. The molecule has 9 aromatic rings. The largest absolute Gasteiger partial charge is 0 e. The Morgan fingerprint density at radius 2 is 1.17 bits per heavy atom. The molecule has 0 radical (unpaired) electrons. The molecule has 0 unspecified atom stereocenters. The molecular weight excluding hydrogens is 1090 g/mol. The van der Waals surface area contributed by atoms with E-state index in [4.69, 9.17) is 14.7 Å². The molecule has 0 spiro atoms. The van der Waals surface area contributed by atoms with E-state index in [2.05, 4.69) is 239 Å². The first-order valence-corrected chi connectivity index (χ1v) is 24.8. The fourth-order valence-electron chi connectivity index (χ4n) is 8.99. The third kappa shape index (κ3) is 9.04. The smallest absolute Gasteiger partial charge is 0 e. The maximum absolute atomic E-state index is 6.71. The van der Waals surface area contributed by atoms with Crippen LogP contribution in [0.5, 0.6) is 11.5 Å². The molecule has 0 N–H and O–H groups in total. The van der Waals surface area contributed by atoms with Crippen LogP contribution in [-0.2, 0) is 31.9 Å². The Morgan fingerprint density at radius 1 is 0.522 bits per heavy atom. The van der Waals surface area contributed by atoms with Gasteiger partial charge in [-0.25, -0.2) is 0 Å². The number of ether oxygens (including phenoxy) is 1. The van der Waals surface area contributed by atoms with Crippen molar-refractivity contribution in [2.45, 2.75) is 52.4 Å². The summed E-state index contributed by atoms with van der Waals surface area (Å²) < 4.78 is 8.93. The molecule has 2 aliphatic heterocycles. The van der Waals surface area contributed by atoms with E-state index in [0.29, 0.717) is 11.5 Å². The molecule has 344 valence electrons. The number of anilines is 7. The zero-order valence-corrected chi connectivity index (χ0v) is 43.3. The summed E-state index contributed by atoms with van der Waals surface area (Å²) in [6.45, 7) is 15.7. The first-order chi connectivity index (χ1) is 33.0. The van der Waals surface area contributed by atoms with Crippen LogP contribution in [0, 0.1) is 18.8 Å². The third-order valence-electron chi connectivity index (χ3n) is 12.6. The summed E-state index contributed by atoms with van der Waals surface area (Å²) in [6, 6.07) is 69.8. The Hall–Kier alpha value is -6.75. The predicted molar refractivity (Wildman–Crippen MR) is 281 cm³/mol. The standard InChI is InChI=1S/C61H50N5OSe.Pt/c1-60(2,3)45-30-31-52-54(35-45)64(40-65(52)58-50(42-20-11-8-12-21-42)26-17-27-51(58)44-23-15-22-43(34-44)41-18-9-7-10-19-41)47-24-16-25-48(37-47)67-49-38-55-59(63-39-49)68-56-29-14-13-28-53(56)66(55)57-36-46(32-33-62-57)61(4,5)6;/h7-36,39-40H,1-6H3;/q-3;. The number of fused-ring (bicyclic) bond motifs is 3. The van der Waals surface area contributed by atoms with Crippen LogP contribution in [0.2, 0.25) is 0 Å². The Bertz CT molecular complexity index is 3330. The van der Waals surface area contributed by atoms with E-state index in [0.717, 1.165) is 66.8 Å². The Balaban J connectivity index is 0.00000553. The fraction of sp³-hybridized carbons (Fsp3) is 0.131. The SMILES string of the molecule is CC(C)(C)c1ccnc(N2c3[c-]c(Oc4[c-]c(N5[CH-]N(c6c(-c7ccccc7)cccc6-c6cccc(-c7ccccc7)c6)c6ccc(C(C)(C)C)cc65)ccc4)cnc3[Se]c3ccccc32)c1.[Pt]. The van der Waals surface area contributed by atoms with Crippen molar-refractivity contribution in [1.29, 1.82) is 0 Å². The van der Waals surface area contributed by atoms with Crippen molar-refractivity contribution in [1.82, 2.24) is 9.97 Å². The molecule has 0 amide bonds. The van der Waals surface area contributed by atoms with Crippen molar-refractivity contribution in [3.63, 3.8) is 0 Å². The molecule has 2 aliphatic rings. The van der Waals surface area contributed by atoms with Crippen LogP contribution in [0.3, 0.4) is 0 Å². The van der Waals surface area contributed by atoms with Crippen molar-refractivity contribution < 1.29 is 25.8 Å². The van der Waals surface area contributed by atoms with E-state index < -0.39 is 0 Å². The van der Waals surface area contributed by atoms with Gasteiger partial charge in [0, 0.05) is 32.2 Å². The van der Waals surface area contributed by atoms with E-state index in [1.807, 2.05) is 18.3 Å². The van der Waals surface area contributed by atoms with Crippen molar-refractivity contribution in [3.05, 3.63) is 218 Å². The third-order valence-corrected chi connectivity index (χ3v) is 14.8. The van der Waals surface area contributed by atoms with Gasteiger partial charge in [-0.2, -0.15) is 0 Å². The number of aromatic nitrogens is 2. The molecule has 69 heavy (non-hydrogen) atoms. The van der Waals surface area contributed by atoms with Crippen LogP contribution in [0.15, 0.2) is 188 Å². The molecule has 0 aliphatic carbocycles. The molecule has 0 atom stereocenters. The number of hydrogen-bond donors (Lipinski definition) is 0. The predicted octanol–water partition coefficient (Wildman–Crippen LogP) is 14.3. The van der Waals surface area contributed by atoms with Crippen LogP contribution in [0.25, 0.3) is 33.4 Å². The Morgan fingerprint density at radius 3 is 1.94 bits per heavy atom. The molecule has 8 heteroatoms. The summed E-state index contributed by atoms with van der Waals surface area (Å²) in [5.74, 6) is 1.89. The summed E-state index contributed by atoms with van der Waals surface area (Å²) in [5, 5.41) is 0. The molecule has 0 bridgehead atoms. The Labute approximate surface area is 427 Å². The van der Waals surface area contributed by atoms with Gasteiger partial charge < -0.3 is 0 Å². The summed E-state index contributed by atoms with van der Waals surface area (Å²) in [5.41, 5.74) is 15.2. The second kappa shape index (κ2) is 18.6. The average molecular weight is 1140 g/mol. The van der Waals surface area contributed by atoms with Crippen LogP contribution in [0.1, 0.15) is 52.7 Å². The zero-order valence-electron chi connectivity index (χ0n) is 39.3. The van der Waals surface area contributed by atoms with Gasteiger partial charge >= 0.3 is 240 Å². The summed E-state index contributed by atoms with van der Waals surface area (Å²) in [4.78, 5) is 16.7. The van der Waals surface area contributed by atoms with Gasteiger partial charge in [0.05, 0.1) is 0 Å². The second-order valence-corrected chi connectivity index (χ2v) is 21.4. The number of hydrogen-bond acceptors (Lipinski definition) is 6. The van der Waals surface area contributed by atoms with Gasteiger partial charge in [0.1, 0.15) is 0 Å². The van der Waals surface area contributed by atoms with Gasteiger partial charge in [0.25, 0.3) is 0 Å². The summed E-state index contributed by atoms with van der Waals surface area (Å²) >= 11 is -0.0222. The first kappa shape index (κ1) is 46.0. The number of benzene rings is 7. The van der Waals surface area contributed by atoms with Crippen LogP contribution >= 0.6 is 0 Å². The monoisotopic (exact) mass is 1140 g/mol. The summed E-state index contributed by atoms with van der Waals surface area (Å²) in [7, 11) is 0. The van der Waals surface area contributed by atoms with E-state index >= 15 is 0 Å². The number of pyridine rings is 2. The number of para-hydroxylation sites is 2. The quantitative estimate of drug-likeness (QED) is 0.112. The van der Waals surface area contributed by atoms with Gasteiger partial charge in [0.2, 0.25) is 0 Å². The average Bonchev–Trinajstić information content (AvgIpc) is 3.74. The second-order valence-electron chi connectivity index (χ2n) is 19.3. The van der Waals surface area contributed by atoms with Crippen molar-refractivity contribution in [2.24, 2.45) is 0 Å². The maximum atomic E-state index is 6.71. The Kier molecular flexibility index (Phi) is 12.4. The minimum atomic E-state index is -0.0810. The first-order valence-electron chi connectivity index (χ1n) is 23.0. The van der Waals surface area contributed by atoms with Crippen molar-refractivity contribution in [2.75, 3.05) is 14.7 Å². The van der Waals surface area contributed by atoms with Gasteiger partial charge in [-0.3, -0.25) is 0 Å². The van der Waals surface area contributed by atoms with Gasteiger partial charge in [-0.05, 0) is 33.7 Å². The van der Waals surface area contributed by atoms with E-state index in [-0.39, 0.29) is 46.9 Å². The number of rotatable bonds is 8. The molecule has 4 heterocycles. The van der Waals surface area contributed by atoms with E-state index in [1.54, 1.807) is 6.20 Å². The molecule has 0 saturated heterocycles. The van der Waals surface area contributed by atoms with Crippen LogP contribution < -0.4 is 28.5 Å². The van der Waals surface area contributed by atoms with Crippen molar-refractivity contribution in [3.8, 4) is 44.9 Å². The van der Waals surface area contributed by atoms with Gasteiger partial charge in [-0.1, -0.05) is 124 Å². The molecule has 7 aromatic carbocycles. The van der Waals surface area contributed by atoms with E-state index in [9.17, 15) is 0 Å². The molecule has 2 aromatic heterocycles. The van der Waals surface area contributed by atoms with Crippen molar-refractivity contribution >= 4 is 64.0 Å². The van der Waals surface area contributed by atoms with Gasteiger partial charge in [0.15, 0.2) is 0 Å². The number of nitrogens with zero attached hydrogens (tertiary/aromatic N) is 5. The minimum Gasteiger partial charge on any atom is 0 e.